The van der Waals surface area contributed by atoms with Crippen molar-refractivity contribution in [3.8, 4) is 17.1 Å². The highest BCUT2D eigenvalue weighted by Gasteiger charge is 2.12. The van der Waals surface area contributed by atoms with E-state index < -0.39 is 0 Å². The summed E-state index contributed by atoms with van der Waals surface area (Å²) in [4.78, 5) is 22.4. The Labute approximate surface area is 139 Å². The fourth-order valence-electron chi connectivity index (χ4n) is 2.48. The van der Waals surface area contributed by atoms with Crippen LogP contribution in [0, 0.1) is 0 Å². The highest BCUT2D eigenvalue weighted by atomic mass is 16.5. The number of fused-ring (bicyclic) bond motifs is 1. The van der Waals surface area contributed by atoms with Crippen LogP contribution in [0.25, 0.3) is 22.2 Å². The highest BCUT2D eigenvalue weighted by Crippen LogP contribution is 2.30. The van der Waals surface area contributed by atoms with Crippen molar-refractivity contribution in [2.24, 2.45) is 0 Å². The van der Waals surface area contributed by atoms with Crippen LogP contribution in [0.3, 0.4) is 0 Å². The summed E-state index contributed by atoms with van der Waals surface area (Å²) in [5, 5.41) is 1.04. The van der Waals surface area contributed by atoms with E-state index in [1.54, 1.807) is 13.3 Å². The van der Waals surface area contributed by atoms with Gasteiger partial charge in [0.05, 0.1) is 43.3 Å². The summed E-state index contributed by atoms with van der Waals surface area (Å²) in [6, 6.07) is 9.95. The number of nitrogens with zero attached hydrogens (tertiary/aromatic N) is 2. The molecule has 3 aromatic rings. The van der Waals surface area contributed by atoms with Crippen molar-refractivity contribution in [1.82, 2.24) is 15.0 Å². The van der Waals surface area contributed by atoms with Crippen LogP contribution in [0.5, 0.6) is 5.88 Å². The van der Waals surface area contributed by atoms with E-state index in [0.29, 0.717) is 31.9 Å². The van der Waals surface area contributed by atoms with E-state index >= 15 is 0 Å². The predicted octanol–water partition coefficient (Wildman–Crippen LogP) is 2.78. The van der Waals surface area contributed by atoms with E-state index in [1.807, 2.05) is 30.3 Å². The van der Waals surface area contributed by atoms with Gasteiger partial charge in [0.15, 0.2) is 0 Å². The van der Waals surface area contributed by atoms with Crippen molar-refractivity contribution in [1.29, 1.82) is 0 Å². The van der Waals surface area contributed by atoms with Crippen molar-refractivity contribution in [2.45, 2.75) is 12.8 Å². The number of aromatic amines is 1. The number of carbonyl (C=O) groups excluding carboxylic acids is 1. The van der Waals surface area contributed by atoms with Crippen LogP contribution in [-0.4, -0.2) is 41.6 Å². The molecule has 1 N–H and O–H groups in total. The van der Waals surface area contributed by atoms with Gasteiger partial charge < -0.3 is 19.3 Å². The molecular weight excluding hydrogens is 306 g/mol. The molecule has 0 aliphatic heterocycles. The lowest BCUT2D eigenvalue weighted by Crippen LogP contribution is -2.02. The van der Waals surface area contributed by atoms with Crippen molar-refractivity contribution in [2.75, 3.05) is 20.3 Å². The fraction of sp³-hybridized carbons (Fsp3) is 0.278. The number of benzene rings is 1. The minimum Gasteiger partial charge on any atom is -0.480 e. The standard InChI is InChI=1S/C18H19N3O3/c1-23-18-14(11-13-5-2-3-6-15(13)21-18)16-12-19-17(20-16)7-10-24-9-4-8-22/h2-3,5-6,8,11-12H,4,7,9-10H2,1H3,(H,19,20). The molecule has 0 bridgehead atoms. The second-order valence-corrected chi connectivity index (χ2v) is 5.30. The number of aromatic nitrogens is 3. The van der Waals surface area contributed by atoms with Crippen molar-refractivity contribution < 1.29 is 14.3 Å². The lowest BCUT2D eigenvalue weighted by molar-refractivity contribution is -0.108. The third-order valence-corrected chi connectivity index (χ3v) is 3.66. The van der Waals surface area contributed by atoms with E-state index in [4.69, 9.17) is 9.47 Å². The number of carbonyl (C=O) groups is 1. The fourth-order valence-corrected chi connectivity index (χ4v) is 2.48. The highest BCUT2D eigenvalue weighted by molar-refractivity contribution is 5.85. The minimum absolute atomic E-state index is 0.420. The van der Waals surface area contributed by atoms with Gasteiger partial charge in [-0.1, -0.05) is 18.2 Å². The molecule has 1 aromatic carbocycles. The first-order valence-electron chi connectivity index (χ1n) is 7.81. The molecule has 0 spiro atoms. The molecular formula is C18H19N3O3. The van der Waals surface area contributed by atoms with Gasteiger partial charge in [-0.2, -0.15) is 0 Å². The lowest BCUT2D eigenvalue weighted by atomic mass is 10.1. The first-order chi connectivity index (χ1) is 11.8. The number of ether oxygens (including phenoxy) is 2. The van der Waals surface area contributed by atoms with Gasteiger partial charge >= 0.3 is 0 Å². The Morgan fingerprint density at radius 1 is 1.25 bits per heavy atom. The van der Waals surface area contributed by atoms with Crippen LogP contribution in [0.4, 0.5) is 0 Å². The van der Waals surface area contributed by atoms with Gasteiger partial charge in [-0.3, -0.25) is 0 Å². The zero-order chi connectivity index (χ0) is 16.8. The molecule has 2 aromatic heterocycles. The molecule has 24 heavy (non-hydrogen) atoms. The Kier molecular flexibility index (Phi) is 5.18. The van der Waals surface area contributed by atoms with Gasteiger partial charge in [0.25, 0.3) is 0 Å². The Morgan fingerprint density at radius 2 is 2.12 bits per heavy atom. The summed E-state index contributed by atoms with van der Waals surface area (Å²) in [6.45, 7) is 0.966. The first-order valence-corrected chi connectivity index (χ1v) is 7.81. The molecule has 0 saturated carbocycles. The topological polar surface area (TPSA) is 77.1 Å². The van der Waals surface area contributed by atoms with Gasteiger partial charge in [-0.25, -0.2) is 9.97 Å². The summed E-state index contributed by atoms with van der Waals surface area (Å²) in [7, 11) is 1.61. The van der Waals surface area contributed by atoms with Crippen molar-refractivity contribution in [3.63, 3.8) is 0 Å². The Morgan fingerprint density at radius 3 is 2.96 bits per heavy atom. The van der Waals surface area contributed by atoms with E-state index in [9.17, 15) is 4.79 Å². The Bertz CT molecular complexity index is 829. The number of hydrogen-bond acceptors (Lipinski definition) is 5. The van der Waals surface area contributed by atoms with Gasteiger partial charge in [0.1, 0.15) is 12.1 Å². The summed E-state index contributed by atoms with van der Waals surface area (Å²) >= 11 is 0. The van der Waals surface area contributed by atoms with E-state index in [1.165, 1.54) is 0 Å². The summed E-state index contributed by atoms with van der Waals surface area (Å²) < 4.78 is 10.8. The minimum atomic E-state index is 0.420. The molecule has 0 atom stereocenters. The van der Waals surface area contributed by atoms with Crippen LogP contribution in [0.2, 0.25) is 0 Å². The number of imidazole rings is 1. The molecule has 124 valence electrons. The third-order valence-electron chi connectivity index (χ3n) is 3.66. The van der Waals surface area contributed by atoms with Gasteiger partial charge in [-0.05, 0) is 12.1 Å². The quantitative estimate of drug-likeness (QED) is 0.509. The maximum atomic E-state index is 10.2. The maximum Gasteiger partial charge on any atom is 0.223 e. The second-order valence-electron chi connectivity index (χ2n) is 5.30. The van der Waals surface area contributed by atoms with Gasteiger partial charge in [0.2, 0.25) is 5.88 Å². The van der Waals surface area contributed by atoms with E-state index in [-0.39, 0.29) is 0 Å². The SMILES string of the molecule is COc1nc2ccccc2cc1-c1cnc(CCOCCC=O)[nH]1. The molecule has 3 rings (SSSR count). The zero-order valence-electron chi connectivity index (χ0n) is 13.5. The molecule has 0 radical (unpaired) electrons. The molecule has 2 heterocycles. The average molecular weight is 325 g/mol. The molecule has 0 unspecified atom stereocenters. The number of aldehydes is 1. The number of nitrogens with one attached hydrogen (secondary N) is 1. The Balaban J connectivity index is 1.79. The van der Waals surface area contributed by atoms with Crippen LogP contribution in [0.1, 0.15) is 12.2 Å². The number of para-hydroxylation sites is 1. The van der Waals surface area contributed by atoms with E-state index in [2.05, 4.69) is 15.0 Å². The summed E-state index contributed by atoms with van der Waals surface area (Å²) in [6.07, 6.45) is 3.70. The largest absolute Gasteiger partial charge is 0.480 e. The number of hydrogen-bond donors (Lipinski definition) is 1. The lowest BCUT2D eigenvalue weighted by Gasteiger charge is -2.07. The van der Waals surface area contributed by atoms with Crippen LogP contribution in [-0.2, 0) is 16.0 Å². The molecule has 0 aliphatic carbocycles. The molecule has 6 heteroatoms. The summed E-state index contributed by atoms with van der Waals surface area (Å²) in [5.74, 6) is 1.39. The second kappa shape index (κ2) is 7.70. The normalized spacial score (nSPS) is 10.9. The van der Waals surface area contributed by atoms with Crippen molar-refractivity contribution >= 4 is 17.2 Å². The van der Waals surface area contributed by atoms with Crippen LogP contribution < -0.4 is 4.74 Å². The first kappa shape index (κ1) is 16.1. The molecule has 0 amide bonds. The monoisotopic (exact) mass is 325 g/mol. The number of rotatable bonds is 8. The zero-order valence-corrected chi connectivity index (χ0v) is 13.5. The van der Waals surface area contributed by atoms with Gasteiger partial charge in [0, 0.05) is 18.2 Å². The van der Waals surface area contributed by atoms with Gasteiger partial charge in [-0.15, -0.1) is 0 Å². The average Bonchev–Trinajstić information content (AvgIpc) is 3.09. The molecule has 0 saturated heterocycles. The van der Waals surface area contributed by atoms with Crippen LogP contribution in [0.15, 0.2) is 36.5 Å². The number of H-pyrrole nitrogens is 1. The maximum absolute atomic E-state index is 10.2. The molecule has 6 nitrogen and oxygen atoms in total. The van der Waals surface area contributed by atoms with Crippen LogP contribution >= 0.6 is 0 Å². The van der Waals surface area contributed by atoms with E-state index in [0.717, 1.165) is 34.3 Å². The Hall–Kier alpha value is -2.73. The molecule has 0 fully saturated rings. The molecule has 0 aliphatic rings. The smallest absolute Gasteiger partial charge is 0.223 e. The van der Waals surface area contributed by atoms with Crippen molar-refractivity contribution in [3.05, 3.63) is 42.4 Å². The number of pyridine rings is 1. The predicted molar refractivity (Wildman–Crippen MR) is 91.1 cm³/mol. The number of methoxy groups -OCH3 is 1. The third kappa shape index (κ3) is 3.60. The summed E-state index contributed by atoms with van der Waals surface area (Å²) in [5.41, 5.74) is 2.62.